The number of piperidine rings is 1. The molecule has 2 rings (SSSR count). The molecule has 0 amide bonds. The molecule has 0 aromatic heterocycles. The van der Waals surface area contributed by atoms with Gasteiger partial charge in [0.2, 0.25) is 0 Å². The quantitative estimate of drug-likeness (QED) is 0.909. The molecular formula is C15H23ClN2. The Morgan fingerprint density at radius 3 is 2.56 bits per heavy atom. The van der Waals surface area contributed by atoms with E-state index in [0.29, 0.717) is 6.54 Å². The molecular weight excluding hydrogens is 244 g/mol. The predicted molar refractivity (Wildman–Crippen MR) is 79.4 cm³/mol. The molecule has 2 N–H and O–H groups in total. The van der Waals surface area contributed by atoms with Gasteiger partial charge in [-0.3, -0.25) is 0 Å². The Hall–Kier alpha value is -0.730. The summed E-state index contributed by atoms with van der Waals surface area (Å²) in [5, 5.41) is 0.863. The van der Waals surface area contributed by atoms with Gasteiger partial charge in [0.25, 0.3) is 0 Å². The van der Waals surface area contributed by atoms with E-state index in [4.69, 9.17) is 17.3 Å². The molecule has 2 nitrogen and oxygen atoms in total. The second kappa shape index (κ2) is 5.94. The van der Waals surface area contributed by atoms with Gasteiger partial charge in [0.15, 0.2) is 0 Å². The van der Waals surface area contributed by atoms with Gasteiger partial charge in [0, 0.05) is 13.1 Å². The average molecular weight is 267 g/mol. The van der Waals surface area contributed by atoms with Gasteiger partial charge in [-0.15, -0.1) is 0 Å². The van der Waals surface area contributed by atoms with E-state index in [1.54, 1.807) is 0 Å². The molecule has 2 unspecified atom stereocenters. The van der Waals surface area contributed by atoms with Gasteiger partial charge in [0.1, 0.15) is 0 Å². The Labute approximate surface area is 115 Å². The summed E-state index contributed by atoms with van der Waals surface area (Å²) >= 11 is 6.41. The molecule has 2 atom stereocenters. The number of hydrogen-bond acceptors (Lipinski definition) is 2. The molecule has 1 aliphatic rings. The van der Waals surface area contributed by atoms with Crippen molar-refractivity contribution in [3.05, 3.63) is 28.8 Å². The standard InChI is InChI=1S/C15H23ClN2/c1-11-8-12(2)10-18(9-11)15-13(6-7-17)4-3-5-14(15)16/h3-5,11-12H,6-10,17H2,1-2H3. The summed E-state index contributed by atoms with van der Waals surface area (Å²) in [6.45, 7) is 7.52. The topological polar surface area (TPSA) is 29.3 Å². The van der Waals surface area contributed by atoms with Crippen LogP contribution in [-0.4, -0.2) is 19.6 Å². The third-order valence-electron chi connectivity index (χ3n) is 3.67. The highest BCUT2D eigenvalue weighted by molar-refractivity contribution is 6.33. The third-order valence-corrected chi connectivity index (χ3v) is 3.97. The highest BCUT2D eigenvalue weighted by Crippen LogP contribution is 2.34. The lowest BCUT2D eigenvalue weighted by Crippen LogP contribution is -2.39. The van der Waals surface area contributed by atoms with E-state index < -0.39 is 0 Å². The summed E-state index contributed by atoms with van der Waals surface area (Å²) in [5.74, 6) is 1.46. The minimum absolute atomic E-state index is 0.673. The molecule has 3 heteroatoms. The van der Waals surface area contributed by atoms with Crippen LogP contribution in [0.4, 0.5) is 5.69 Å². The molecule has 1 aliphatic heterocycles. The first-order valence-corrected chi connectivity index (χ1v) is 7.22. The Kier molecular flexibility index (Phi) is 4.52. The maximum absolute atomic E-state index is 6.41. The maximum atomic E-state index is 6.41. The summed E-state index contributed by atoms with van der Waals surface area (Å²) in [5.41, 5.74) is 8.20. The molecule has 1 fully saturated rings. The Balaban J connectivity index is 2.30. The number of anilines is 1. The molecule has 0 radical (unpaired) electrons. The fourth-order valence-electron chi connectivity index (χ4n) is 3.12. The molecule has 1 aromatic carbocycles. The van der Waals surface area contributed by atoms with Crippen molar-refractivity contribution in [2.75, 3.05) is 24.5 Å². The number of benzene rings is 1. The Morgan fingerprint density at radius 1 is 1.28 bits per heavy atom. The summed E-state index contributed by atoms with van der Waals surface area (Å²) in [7, 11) is 0. The van der Waals surface area contributed by atoms with Crippen molar-refractivity contribution in [3.63, 3.8) is 0 Å². The zero-order valence-electron chi connectivity index (χ0n) is 11.3. The van der Waals surface area contributed by atoms with Crippen LogP contribution in [0.15, 0.2) is 18.2 Å². The van der Waals surface area contributed by atoms with Crippen molar-refractivity contribution in [1.29, 1.82) is 0 Å². The average Bonchev–Trinajstić information content (AvgIpc) is 2.28. The lowest BCUT2D eigenvalue weighted by atomic mass is 9.91. The van der Waals surface area contributed by atoms with Crippen LogP contribution < -0.4 is 10.6 Å². The van der Waals surface area contributed by atoms with Crippen LogP contribution in [0.25, 0.3) is 0 Å². The van der Waals surface area contributed by atoms with Gasteiger partial charge >= 0.3 is 0 Å². The van der Waals surface area contributed by atoms with Gasteiger partial charge in [-0.25, -0.2) is 0 Å². The van der Waals surface area contributed by atoms with E-state index in [1.165, 1.54) is 17.7 Å². The smallest absolute Gasteiger partial charge is 0.0642 e. The second-order valence-corrected chi connectivity index (χ2v) is 6.04. The van der Waals surface area contributed by atoms with E-state index >= 15 is 0 Å². The van der Waals surface area contributed by atoms with Gasteiger partial charge in [-0.2, -0.15) is 0 Å². The van der Waals surface area contributed by atoms with E-state index in [1.807, 2.05) is 12.1 Å². The van der Waals surface area contributed by atoms with Crippen LogP contribution in [0.2, 0.25) is 5.02 Å². The minimum atomic E-state index is 0.673. The summed E-state index contributed by atoms with van der Waals surface area (Å²) in [4.78, 5) is 2.45. The highest BCUT2D eigenvalue weighted by atomic mass is 35.5. The first-order chi connectivity index (χ1) is 8.61. The molecule has 0 aliphatic carbocycles. The second-order valence-electron chi connectivity index (χ2n) is 5.64. The SMILES string of the molecule is CC1CC(C)CN(c2c(Cl)cccc2CCN)C1. The summed E-state index contributed by atoms with van der Waals surface area (Å²) in [6.07, 6.45) is 2.21. The molecule has 1 aromatic rings. The van der Waals surface area contributed by atoms with Crippen molar-refractivity contribution in [1.82, 2.24) is 0 Å². The van der Waals surface area contributed by atoms with Crippen LogP contribution in [0.5, 0.6) is 0 Å². The summed E-state index contributed by atoms with van der Waals surface area (Å²) < 4.78 is 0. The zero-order chi connectivity index (χ0) is 13.1. The van der Waals surface area contributed by atoms with Crippen LogP contribution in [0.3, 0.4) is 0 Å². The molecule has 18 heavy (non-hydrogen) atoms. The van der Waals surface area contributed by atoms with Gasteiger partial charge in [0.05, 0.1) is 10.7 Å². The lowest BCUT2D eigenvalue weighted by molar-refractivity contribution is 0.356. The monoisotopic (exact) mass is 266 g/mol. The number of nitrogens with two attached hydrogens (primary N) is 1. The molecule has 100 valence electrons. The highest BCUT2D eigenvalue weighted by Gasteiger charge is 2.24. The van der Waals surface area contributed by atoms with E-state index in [0.717, 1.165) is 36.4 Å². The number of nitrogens with zero attached hydrogens (tertiary/aromatic N) is 1. The first kappa shape index (κ1) is 13.7. The van der Waals surface area contributed by atoms with E-state index in [9.17, 15) is 0 Å². The predicted octanol–water partition coefficient (Wildman–Crippen LogP) is 3.32. The number of hydrogen-bond donors (Lipinski definition) is 1. The molecule has 0 saturated carbocycles. The van der Waals surface area contributed by atoms with Crippen molar-refractivity contribution in [3.8, 4) is 0 Å². The van der Waals surface area contributed by atoms with Gasteiger partial charge < -0.3 is 10.6 Å². The molecule has 1 heterocycles. The Morgan fingerprint density at radius 2 is 1.94 bits per heavy atom. The molecule has 0 spiro atoms. The number of halogens is 1. The Bertz CT molecular complexity index is 395. The summed E-state index contributed by atoms with van der Waals surface area (Å²) in [6, 6.07) is 6.16. The first-order valence-electron chi connectivity index (χ1n) is 6.84. The van der Waals surface area contributed by atoms with Gasteiger partial charge in [-0.05, 0) is 42.9 Å². The van der Waals surface area contributed by atoms with Crippen LogP contribution in [0, 0.1) is 11.8 Å². The fourth-order valence-corrected chi connectivity index (χ4v) is 3.43. The molecule has 1 saturated heterocycles. The number of rotatable bonds is 3. The maximum Gasteiger partial charge on any atom is 0.0642 e. The van der Waals surface area contributed by atoms with Crippen molar-refractivity contribution >= 4 is 17.3 Å². The number of para-hydroxylation sites is 1. The normalized spacial score (nSPS) is 24.3. The fraction of sp³-hybridized carbons (Fsp3) is 0.600. The van der Waals surface area contributed by atoms with Gasteiger partial charge in [-0.1, -0.05) is 37.6 Å². The minimum Gasteiger partial charge on any atom is -0.370 e. The van der Waals surface area contributed by atoms with Crippen molar-refractivity contribution < 1.29 is 0 Å². The van der Waals surface area contributed by atoms with Crippen LogP contribution in [0.1, 0.15) is 25.8 Å². The van der Waals surface area contributed by atoms with Crippen LogP contribution in [-0.2, 0) is 6.42 Å². The largest absolute Gasteiger partial charge is 0.370 e. The molecule has 0 bridgehead atoms. The van der Waals surface area contributed by atoms with Crippen molar-refractivity contribution in [2.24, 2.45) is 17.6 Å². The van der Waals surface area contributed by atoms with Crippen LogP contribution >= 0.6 is 11.6 Å². The van der Waals surface area contributed by atoms with E-state index in [-0.39, 0.29) is 0 Å². The zero-order valence-corrected chi connectivity index (χ0v) is 12.1. The van der Waals surface area contributed by atoms with E-state index in [2.05, 4.69) is 24.8 Å². The lowest BCUT2D eigenvalue weighted by Gasteiger charge is -2.38. The van der Waals surface area contributed by atoms with Crippen molar-refractivity contribution in [2.45, 2.75) is 26.7 Å². The third kappa shape index (κ3) is 2.99.